The van der Waals surface area contributed by atoms with Gasteiger partial charge >= 0.3 is 0 Å². The van der Waals surface area contributed by atoms with Crippen molar-refractivity contribution in [3.8, 4) is 87.6 Å². The number of nitrogens with zero attached hydrogens (tertiary/aromatic N) is 12. The second-order valence-corrected chi connectivity index (χ2v) is 34.5. The van der Waals surface area contributed by atoms with E-state index in [2.05, 4.69) is 233 Å². The van der Waals surface area contributed by atoms with Gasteiger partial charge in [-0.2, -0.15) is 15.4 Å². The van der Waals surface area contributed by atoms with Crippen LogP contribution in [0.25, 0.3) is 34.2 Å². The number of fused-ring (bicyclic) bond motifs is 5. The molecule has 20 nitrogen and oxygen atoms in total. The molecule has 0 radical (unpaired) electrons. The van der Waals surface area contributed by atoms with Crippen LogP contribution < -0.4 is 23.7 Å². The molecule has 5 aliphatic heterocycles. The second-order valence-electron chi connectivity index (χ2n) is 28.8. The van der Waals surface area contributed by atoms with Gasteiger partial charge in [-0.15, -0.1) is 81.9 Å². The Hall–Kier alpha value is -10.8. The van der Waals surface area contributed by atoms with Gasteiger partial charge in [0.1, 0.15) is 41.4 Å². The molecule has 0 spiro atoms. The van der Waals surface area contributed by atoms with E-state index >= 15 is 0 Å². The number of benzene rings is 10. The van der Waals surface area contributed by atoms with Gasteiger partial charge in [0, 0.05) is 179 Å². The Morgan fingerprint density at radius 2 is 0.736 bits per heavy atom. The zero-order valence-electron chi connectivity index (χ0n) is 67.6. The number of aromatic nitrogens is 10. The zero-order chi connectivity index (χ0) is 81.9. The summed E-state index contributed by atoms with van der Waals surface area (Å²) in [7, 11) is 8.59. The van der Waals surface area contributed by atoms with Crippen molar-refractivity contribution in [1.29, 1.82) is 0 Å². The van der Waals surface area contributed by atoms with Crippen molar-refractivity contribution in [3.63, 3.8) is 0 Å². The first-order chi connectivity index (χ1) is 58.5. The number of aromatic amines is 3. The van der Waals surface area contributed by atoms with Crippen LogP contribution in [0, 0.1) is 24.7 Å². The van der Waals surface area contributed by atoms with E-state index in [1.807, 2.05) is 126 Å². The highest BCUT2D eigenvalue weighted by Crippen LogP contribution is 2.38. The molecular weight excluding hydrogens is 1600 g/mol. The van der Waals surface area contributed by atoms with Crippen molar-refractivity contribution >= 4 is 58.8 Å². The van der Waals surface area contributed by atoms with Gasteiger partial charge in [-0.3, -0.25) is 34.7 Å². The quantitative estimate of drug-likeness (QED) is 0.0684. The summed E-state index contributed by atoms with van der Waals surface area (Å²) in [5.74, 6) is 17.7. The second kappa shape index (κ2) is 45.7. The van der Waals surface area contributed by atoms with E-state index in [1.54, 1.807) is 41.9 Å². The van der Waals surface area contributed by atoms with Gasteiger partial charge in [0.2, 0.25) is 5.82 Å². The molecule has 5 aliphatic rings. The molecule has 624 valence electrons. The Morgan fingerprint density at radius 3 is 1.12 bits per heavy atom. The maximum Gasteiger partial charge on any atom is 0.204 e. The zero-order valence-corrected chi connectivity index (χ0v) is 71.7. The number of hydrogen-bond acceptors (Lipinski definition) is 22. The first-order valence-electron chi connectivity index (χ1n) is 39.5. The lowest BCUT2D eigenvalue weighted by molar-refractivity contribution is 0.273. The molecule has 0 bridgehead atoms. The standard InChI is InChI=1S/2C19H20N4OS.2C19H19NOS.C18H19N5OS.2CH4/c1-24-17-6-7-18-16(10-17)12-23(8-9-25-18)11-14-2-4-15(5-3-14)19-20-13-21-22-19;1-24-17-5-6-18-16(10-17)12-23(7-8-25-18)11-14-3-2-4-15(9-14)19-20-13-21-22-19;1-3-15-4-6-16(7-5-15)13-20-10-11-22-19-9-8-18(21-2)12-17(19)14-20;1-3-15-5-4-6-16(11-15)13-20-9-10-22-19-8-7-18(21-2)12-17(19)14-20;1-24-15-6-7-17-14(10-15)12-23(8-9-25-17)11-13-4-2-3-5-16(13)18-19-21-22-20-18;;/h2-7,10,13H,8-9,11-12H2,1H3,(H,20,21,22);2-6,9-10,13H,7-8,11-12H2,1H3,(H,20,21,22);1,4-9,12H,10-11,13-14H2,2H3;1,4-8,11-12H,9-10,13-14H2,2H3;2-7,10H,8-9,11-12H2,1H3,(H,19,20,21,22);2*1H4. The number of tetrazole rings is 1. The summed E-state index contributed by atoms with van der Waals surface area (Å²) in [5.41, 5.74) is 18.1. The summed E-state index contributed by atoms with van der Waals surface area (Å²) in [4.78, 5) is 27.6. The van der Waals surface area contributed by atoms with Crippen molar-refractivity contribution < 1.29 is 23.7 Å². The van der Waals surface area contributed by atoms with Gasteiger partial charge in [-0.05, 0) is 182 Å². The molecule has 0 aliphatic carbocycles. The minimum Gasteiger partial charge on any atom is -0.497 e. The maximum atomic E-state index is 5.49. The third-order valence-corrected chi connectivity index (χ3v) is 26.2. The molecule has 0 atom stereocenters. The lowest BCUT2D eigenvalue weighted by Crippen LogP contribution is -2.24. The van der Waals surface area contributed by atoms with Crippen molar-refractivity contribution in [2.75, 3.05) is 97.0 Å². The first kappa shape index (κ1) is 89.5. The number of ether oxygens (including phenoxy) is 5. The van der Waals surface area contributed by atoms with Crippen LogP contribution in [0.3, 0.4) is 0 Å². The van der Waals surface area contributed by atoms with E-state index < -0.39 is 0 Å². The van der Waals surface area contributed by atoms with Gasteiger partial charge < -0.3 is 23.7 Å². The molecule has 0 saturated carbocycles. The fraction of sp³-hybridized carbons (Fsp3) is 0.281. The van der Waals surface area contributed by atoms with E-state index in [1.165, 1.54) is 86.4 Å². The predicted octanol–water partition coefficient (Wildman–Crippen LogP) is 19.0. The van der Waals surface area contributed by atoms with Gasteiger partial charge in [0.15, 0.2) is 11.6 Å². The van der Waals surface area contributed by atoms with Gasteiger partial charge in [-0.25, -0.2) is 9.97 Å². The molecule has 0 amide bonds. The number of terminal acetylenes is 2. The average molecular weight is 1710 g/mol. The third kappa shape index (κ3) is 25.4. The summed E-state index contributed by atoms with van der Waals surface area (Å²) in [6.45, 7) is 14.6. The minimum absolute atomic E-state index is 0. The molecule has 13 aromatic rings. The molecular formula is C96H105N15O5S5. The Morgan fingerprint density at radius 1 is 0.364 bits per heavy atom. The highest BCUT2D eigenvalue weighted by atomic mass is 32.2. The molecule has 3 N–H and O–H groups in total. The molecule has 18 rings (SSSR count). The summed E-state index contributed by atoms with van der Waals surface area (Å²) >= 11 is 9.61. The molecule has 3 aromatic heterocycles. The van der Waals surface area contributed by atoms with Crippen molar-refractivity contribution in [3.05, 3.63) is 292 Å². The minimum atomic E-state index is 0. The van der Waals surface area contributed by atoms with Crippen LogP contribution in [0.1, 0.15) is 81.6 Å². The van der Waals surface area contributed by atoms with Crippen LogP contribution in [0.4, 0.5) is 0 Å². The highest BCUT2D eigenvalue weighted by Gasteiger charge is 2.23. The lowest BCUT2D eigenvalue weighted by atomic mass is 10.1. The molecule has 0 fully saturated rings. The topological polar surface area (TPSA) is 200 Å². The van der Waals surface area contributed by atoms with E-state index in [9.17, 15) is 0 Å². The molecule has 8 heterocycles. The molecule has 121 heavy (non-hydrogen) atoms. The smallest absolute Gasteiger partial charge is 0.204 e. The van der Waals surface area contributed by atoms with Crippen molar-refractivity contribution in [2.45, 2.75) is 105 Å². The van der Waals surface area contributed by atoms with Crippen molar-refractivity contribution in [2.24, 2.45) is 0 Å². The first-order valence-corrected chi connectivity index (χ1v) is 44.4. The maximum absolute atomic E-state index is 5.49. The summed E-state index contributed by atoms with van der Waals surface area (Å²) < 4.78 is 26.9. The normalized spacial score (nSPS) is 14.5. The van der Waals surface area contributed by atoms with Crippen LogP contribution in [-0.2, 0) is 65.4 Å². The average Bonchev–Trinajstić information content (AvgIpc) is 1.79. The van der Waals surface area contributed by atoms with E-state index in [0.717, 1.165) is 195 Å². The third-order valence-electron chi connectivity index (χ3n) is 20.7. The van der Waals surface area contributed by atoms with Crippen molar-refractivity contribution in [1.82, 2.24) is 75.5 Å². The highest BCUT2D eigenvalue weighted by molar-refractivity contribution is 8.00. The molecule has 10 aromatic carbocycles. The predicted molar refractivity (Wildman–Crippen MR) is 495 cm³/mol. The largest absolute Gasteiger partial charge is 0.497 e. The molecule has 0 unspecified atom stereocenters. The summed E-state index contributed by atoms with van der Waals surface area (Å²) in [6, 6.07) is 73.6. The number of H-pyrrole nitrogens is 3. The summed E-state index contributed by atoms with van der Waals surface area (Å²) in [5, 5.41) is 28.1. The van der Waals surface area contributed by atoms with Crippen LogP contribution in [-0.4, -0.2) is 173 Å². The Balaban J connectivity index is 0.000000138. The van der Waals surface area contributed by atoms with Crippen LogP contribution >= 0.6 is 58.8 Å². The van der Waals surface area contributed by atoms with Gasteiger partial charge in [0.05, 0.1) is 35.5 Å². The Labute approximate surface area is 733 Å². The van der Waals surface area contributed by atoms with E-state index in [0.29, 0.717) is 5.82 Å². The van der Waals surface area contributed by atoms with Crippen LogP contribution in [0.15, 0.2) is 249 Å². The summed E-state index contributed by atoms with van der Waals surface area (Å²) in [6.07, 6.45) is 14.0. The lowest BCUT2D eigenvalue weighted by Gasteiger charge is -2.21. The number of methoxy groups -OCH3 is 5. The molecule has 25 heteroatoms. The number of nitrogens with one attached hydrogen (secondary N) is 3. The van der Waals surface area contributed by atoms with Gasteiger partial charge in [0.25, 0.3) is 0 Å². The molecule has 0 saturated heterocycles. The van der Waals surface area contributed by atoms with E-state index in [4.69, 9.17) is 36.5 Å². The fourth-order valence-electron chi connectivity index (χ4n) is 14.6. The number of hydrogen-bond donors (Lipinski definition) is 3. The monoisotopic (exact) mass is 1710 g/mol. The Kier molecular flexibility index (Phi) is 33.8. The fourth-order valence-corrected chi connectivity index (χ4v) is 19.8. The van der Waals surface area contributed by atoms with Crippen LogP contribution in [0.5, 0.6) is 28.7 Å². The SMILES string of the molecule is C.C.C#Cc1ccc(CN2CCSc3ccc(OC)cc3C2)cc1.C#Cc1cccc(CN2CCSc3ccc(OC)cc3C2)c1.COc1ccc2c(c1)CN(Cc1ccc(-c3ncn[nH]3)cc1)CCS2.COc1ccc2c(c1)CN(Cc1cccc(-c3ncn[nH]3)c1)CCS2.COc1ccc2c(c1)CN(Cc1ccccc1-c1nn[nH]n1)CCS2. The van der Waals surface area contributed by atoms with Gasteiger partial charge in [-0.1, -0.05) is 118 Å². The van der Waals surface area contributed by atoms with Crippen LogP contribution in [0.2, 0.25) is 0 Å². The number of thioether (sulfide) groups is 5. The van der Waals surface area contributed by atoms with E-state index in [-0.39, 0.29) is 14.9 Å². The number of rotatable bonds is 18. The Bertz CT molecular complexity index is 5500.